The van der Waals surface area contributed by atoms with E-state index in [2.05, 4.69) is 27.3 Å². The van der Waals surface area contributed by atoms with E-state index in [9.17, 15) is 0 Å². The lowest BCUT2D eigenvalue weighted by Gasteiger charge is -2.28. The van der Waals surface area contributed by atoms with Crippen LogP contribution >= 0.6 is 0 Å². The molecule has 0 bridgehead atoms. The quantitative estimate of drug-likeness (QED) is 0.746. The van der Waals surface area contributed by atoms with E-state index in [4.69, 9.17) is 0 Å². The number of hydrogen-bond acceptors (Lipinski definition) is 4. The van der Waals surface area contributed by atoms with Gasteiger partial charge in [-0.3, -0.25) is 0 Å². The lowest BCUT2D eigenvalue weighted by molar-refractivity contribution is 0.235. The van der Waals surface area contributed by atoms with Crippen molar-refractivity contribution in [2.45, 2.75) is 6.04 Å². The van der Waals surface area contributed by atoms with Gasteiger partial charge in [0.1, 0.15) is 0 Å². The van der Waals surface area contributed by atoms with Crippen LogP contribution in [0.25, 0.3) is 5.65 Å². The molecule has 1 aliphatic rings. The lowest BCUT2D eigenvalue weighted by atomic mass is 10.2. The molecule has 0 aromatic carbocycles. The summed E-state index contributed by atoms with van der Waals surface area (Å²) in [5.41, 5.74) is 0.910. The third kappa shape index (κ3) is 1.68. The van der Waals surface area contributed by atoms with E-state index in [0.717, 1.165) is 31.1 Å². The maximum absolute atomic E-state index is 4.53. The molecule has 1 saturated heterocycles. The van der Waals surface area contributed by atoms with Crippen LogP contribution in [0.5, 0.6) is 0 Å². The first kappa shape index (κ1) is 9.74. The third-order valence-corrected chi connectivity index (χ3v) is 2.95. The average molecular weight is 217 g/mol. The van der Waals surface area contributed by atoms with Crippen molar-refractivity contribution < 1.29 is 0 Å². The summed E-state index contributed by atoms with van der Waals surface area (Å²) in [6, 6.07) is 6.17. The topological polar surface area (TPSA) is 45.5 Å². The summed E-state index contributed by atoms with van der Waals surface area (Å²) in [6.45, 7) is 3.05. The van der Waals surface area contributed by atoms with E-state index < -0.39 is 0 Å². The number of rotatable bonds is 1. The Labute approximate surface area is 94.1 Å². The van der Waals surface area contributed by atoms with Gasteiger partial charge in [-0.2, -0.15) is 0 Å². The molecule has 5 heteroatoms. The van der Waals surface area contributed by atoms with Gasteiger partial charge in [0.05, 0.1) is 6.04 Å². The summed E-state index contributed by atoms with van der Waals surface area (Å²) < 4.78 is 1.83. The van der Waals surface area contributed by atoms with Gasteiger partial charge in [0.25, 0.3) is 0 Å². The maximum Gasteiger partial charge on any atom is 0.169 e. The van der Waals surface area contributed by atoms with Gasteiger partial charge < -0.3 is 10.2 Å². The summed E-state index contributed by atoms with van der Waals surface area (Å²) in [6.07, 6.45) is 1.93. The van der Waals surface area contributed by atoms with Crippen molar-refractivity contribution in [3.8, 4) is 0 Å². The summed E-state index contributed by atoms with van der Waals surface area (Å²) in [5.74, 6) is 0.887. The minimum absolute atomic E-state index is 0.249. The zero-order chi connectivity index (χ0) is 11.0. The molecule has 3 rings (SSSR count). The molecule has 0 aliphatic carbocycles. The minimum atomic E-state index is 0.249. The Bertz CT molecular complexity index is 459. The summed E-state index contributed by atoms with van der Waals surface area (Å²) in [5, 5.41) is 7.93. The monoisotopic (exact) mass is 217 g/mol. The summed E-state index contributed by atoms with van der Waals surface area (Å²) in [4.78, 5) is 6.83. The van der Waals surface area contributed by atoms with Gasteiger partial charge in [-0.05, 0) is 19.2 Å². The molecule has 16 heavy (non-hydrogen) atoms. The second-order valence-electron chi connectivity index (χ2n) is 4.24. The second kappa shape index (κ2) is 3.84. The molecule has 5 nitrogen and oxygen atoms in total. The number of nitrogens with zero attached hydrogens (tertiary/aromatic N) is 4. The highest BCUT2D eigenvalue weighted by Gasteiger charge is 2.21. The first-order chi connectivity index (χ1) is 7.83. The van der Waals surface area contributed by atoms with Gasteiger partial charge in [-0.25, -0.2) is 9.50 Å². The average Bonchev–Trinajstić information content (AvgIpc) is 2.72. The van der Waals surface area contributed by atoms with Gasteiger partial charge in [0.2, 0.25) is 0 Å². The van der Waals surface area contributed by atoms with Crippen molar-refractivity contribution >= 4 is 5.65 Å². The molecule has 1 aliphatic heterocycles. The van der Waals surface area contributed by atoms with Crippen LogP contribution < -0.4 is 5.32 Å². The fraction of sp³-hybridized carbons (Fsp3) is 0.455. The Morgan fingerprint density at radius 3 is 3.19 bits per heavy atom. The number of likely N-dealkylation sites (N-methyl/N-ethyl adjacent to an activating group) is 1. The fourth-order valence-electron chi connectivity index (χ4n) is 2.07. The minimum Gasteiger partial charge on any atom is -0.305 e. The first-order valence-electron chi connectivity index (χ1n) is 5.56. The predicted octanol–water partition coefficient (Wildman–Crippen LogP) is 0.305. The van der Waals surface area contributed by atoms with Gasteiger partial charge in [-0.15, -0.1) is 5.10 Å². The molecule has 1 fully saturated rings. The largest absolute Gasteiger partial charge is 0.305 e. The van der Waals surface area contributed by atoms with E-state index in [0.29, 0.717) is 0 Å². The van der Waals surface area contributed by atoms with Crippen molar-refractivity contribution in [2.75, 3.05) is 26.7 Å². The highest BCUT2D eigenvalue weighted by atomic mass is 15.3. The van der Waals surface area contributed by atoms with E-state index >= 15 is 0 Å². The van der Waals surface area contributed by atoms with Crippen LogP contribution in [-0.4, -0.2) is 46.2 Å². The normalized spacial score (nSPS) is 22.7. The Kier molecular flexibility index (Phi) is 2.34. The second-order valence-corrected chi connectivity index (χ2v) is 4.24. The van der Waals surface area contributed by atoms with Gasteiger partial charge >= 0.3 is 0 Å². The molecule has 1 unspecified atom stereocenters. The van der Waals surface area contributed by atoms with Crippen LogP contribution in [0.4, 0.5) is 0 Å². The predicted molar refractivity (Wildman–Crippen MR) is 61.2 cm³/mol. The first-order valence-corrected chi connectivity index (χ1v) is 5.56. The van der Waals surface area contributed by atoms with Crippen molar-refractivity contribution in [2.24, 2.45) is 0 Å². The number of piperazine rings is 1. The number of hydrogen-bond donors (Lipinski definition) is 1. The Morgan fingerprint density at radius 1 is 1.44 bits per heavy atom. The SMILES string of the molecule is CN1CCNC(c2nc3ccccn3n2)C1. The number of fused-ring (bicyclic) bond motifs is 1. The Hall–Kier alpha value is -1.46. The molecule has 1 atom stereocenters. The van der Waals surface area contributed by atoms with E-state index in [1.807, 2.05) is 28.9 Å². The molecule has 2 aromatic rings. The highest BCUT2D eigenvalue weighted by Crippen LogP contribution is 2.13. The van der Waals surface area contributed by atoms with Crippen LogP contribution in [0.2, 0.25) is 0 Å². The van der Waals surface area contributed by atoms with Gasteiger partial charge in [-0.1, -0.05) is 6.07 Å². The van der Waals surface area contributed by atoms with E-state index in [1.165, 1.54) is 0 Å². The molecular formula is C11H15N5. The fourth-order valence-corrected chi connectivity index (χ4v) is 2.07. The summed E-state index contributed by atoms with van der Waals surface area (Å²) >= 11 is 0. The smallest absolute Gasteiger partial charge is 0.169 e. The molecule has 0 saturated carbocycles. The summed E-state index contributed by atoms with van der Waals surface area (Å²) in [7, 11) is 2.13. The molecule has 3 heterocycles. The van der Waals surface area contributed by atoms with Crippen LogP contribution in [0.15, 0.2) is 24.4 Å². The van der Waals surface area contributed by atoms with Crippen LogP contribution in [-0.2, 0) is 0 Å². The van der Waals surface area contributed by atoms with Crippen LogP contribution in [0.3, 0.4) is 0 Å². The standard InChI is InChI=1S/C11H15N5/c1-15-7-5-12-9(8-15)11-13-10-4-2-3-6-16(10)14-11/h2-4,6,9,12H,5,7-8H2,1H3. The highest BCUT2D eigenvalue weighted by molar-refractivity contribution is 5.36. The van der Waals surface area contributed by atoms with E-state index in [-0.39, 0.29) is 6.04 Å². The van der Waals surface area contributed by atoms with Crippen LogP contribution in [0, 0.1) is 0 Å². The zero-order valence-electron chi connectivity index (χ0n) is 9.30. The molecule has 2 aromatic heterocycles. The van der Waals surface area contributed by atoms with Crippen molar-refractivity contribution in [1.82, 2.24) is 24.8 Å². The van der Waals surface area contributed by atoms with Crippen molar-refractivity contribution in [1.29, 1.82) is 0 Å². The number of nitrogens with one attached hydrogen (secondary N) is 1. The zero-order valence-corrected chi connectivity index (χ0v) is 9.30. The lowest BCUT2D eigenvalue weighted by Crippen LogP contribution is -2.44. The molecule has 1 N–H and O–H groups in total. The van der Waals surface area contributed by atoms with E-state index in [1.54, 1.807) is 0 Å². The number of aromatic nitrogens is 3. The number of pyridine rings is 1. The molecule has 84 valence electrons. The van der Waals surface area contributed by atoms with Crippen LogP contribution in [0.1, 0.15) is 11.9 Å². The van der Waals surface area contributed by atoms with Gasteiger partial charge in [0.15, 0.2) is 11.5 Å². The van der Waals surface area contributed by atoms with Gasteiger partial charge in [0, 0.05) is 25.8 Å². The maximum atomic E-state index is 4.53. The molecular weight excluding hydrogens is 202 g/mol. The molecule has 0 radical (unpaired) electrons. The molecule has 0 amide bonds. The van der Waals surface area contributed by atoms with Crippen molar-refractivity contribution in [3.63, 3.8) is 0 Å². The Morgan fingerprint density at radius 2 is 2.38 bits per heavy atom. The van der Waals surface area contributed by atoms with Crippen molar-refractivity contribution in [3.05, 3.63) is 30.2 Å². The molecule has 0 spiro atoms. The third-order valence-electron chi connectivity index (χ3n) is 2.95. The Balaban J connectivity index is 1.93.